The lowest BCUT2D eigenvalue weighted by Gasteiger charge is -2.16. The van der Waals surface area contributed by atoms with E-state index in [-0.39, 0.29) is 12.5 Å². The van der Waals surface area contributed by atoms with Crippen molar-refractivity contribution in [2.24, 2.45) is 5.41 Å². The summed E-state index contributed by atoms with van der Waals surface area (Å²) in [6.45, 7) is 9.15. The van der Waals surface area contributed by atoms with E-state index in [0.717, 1.165) is 10.4 Å². The van der Waals surface area contributed by atoms with Crippen LogP contribution in [0.15, 0.2) is 28.0 Å². The number of thiophene rings is 2. The van der Waals surface area contributed by atoms with Crippen molar-refractivity contribution < 1.29 is 18.7 Å². The van der Waals surface area contributed by atoms with Crippen LogP contribution in [-0.2, 0) is 16.1 Å². The van der Waals surface area contributed by atoms with Crippen molar-refractivity contribution in [2.45, 2.75) is 41.2 Å². The highest BCUT2D eigenvalue weighted by Gasteiger charge is 2.23. The highest BCUT2D eigenvalue weighted by molar-refractivity contribution is 7.18. The largest absolute Gasteiger partial charge is 0.455 e. The Hall–Kier alpha value is -2.45. The molecule has 0 aliphatic carbocycles. The lowest BCUT2D eigenvalue weighted by molar-refractivity contribution is -0.123. The third-order valence-corrected chi connectivity index (χ3v) is 5.98. The molecule has 0 spiro atoms. The highest BCUT2D eigenvalue weighted by Crippen LogP contribution is 2.30. The molecule has 0 aromatic carbocycles. The Labute approximate surface area is 171 Å². The molecule has 1 N–H and O–H groups in total. The zero-order valence-electron chi connectivity index (χ0n) is 16.4. The Bertz CT molecular complexity index is 994. The van der Waals surface area contributed by atoms with Crippen molar-refractivity contribution in [3.63, 3.8) is 0 Å². The molecule has 0 saturated heterocycles. The van der Waals surface area contributed by atoms with Crippen LogP contribution in [0.5, 0.6) is 0 Å². The van der Waals surface area contributed by atoms with Crippen LogP contribution in [0.3, 0.4) is 0 Å². The Kier molecular flexibility index (Phi) is 5.71. The first-order chi connectivity index (χ1) is 13.1. The third-order valence-electron chi connectivity index (χ3n) is 3.99. The minimum absolute atomic E-state index is 0.0283. The van der Waals surface area contributed by atoms with Gasteiger partial charge in [0.25, 0.3) is 0 Å². The summed E-state index contributed by atoms with van der Waals surface area (Å²) in [6.07, 6.45) is 0. The maximum Gasteiger partial charge on any atom is 0.349 e. The summed E-state index contributed by atoms with van der Waals surface area (Å²) in [4.78, 5) is 30.4. The molecule has 8 heteroatoms. The number of carbonyl (C=O) groups is 2. The molecule has 0 aliphatic heterocycles. The Balaban J connectivity index is 1.67. The van der Waals surface area contributed by atoms with Crippen molar-refractivity contribution in [3.8, 4) is 10.8 Å². The number of esters is 1. The fourth-order valence-corrected chi connectivity index (χ4v) is 3.92. The first kappa shape index (κ1) is 20.3. The normalized spacial score (nSPS) is 11.5. The number of anilines is 1. The first-order valence-electron chi connectivity index (χ1n) is 8.74. The van der Waals surface area contributed by atoms with E-state index in [1.54, 1.807) is 13.0 Å². The summed E-state index contributed by atoms with van der Waals surface area (Å²) in [6, 6.07) is 5.63. The van der Waals surface area contributed by atoms with Gasteiger partial charge in [0.05, 0.1) is 9.88 Å². The summed E-state index contributed by atoms with van der Waals surface area (Å²) in [5, 5.41) is 5.42. The molecular weight excluding hydrogens is 396 g/mol. The number of hydrogen-bond acceptors (Lipinski definition) is 7. The van der Waals surface area contributed by atoms with Crippen molar-refractivity contribution in [1.82, 2.24) is 4.98 Å². The van der Waals surface area contributed by atoms with Crippen molar-refractivity contribution >= 4 is 39.6 Å². The quantitative estimate of drug-likeness (QED) is 0.559. The predicted molar refractivity (Wildman–Crippen MR) is 111 cm³/mol. The summed E-state index contributed by atoms with van der Waals surface area (Å²) >= 11 is 2.74. The Morgan fingerprint density at radius 2 is 2.04 bits per heavy atom. The minimum atomic E-state index is -0.511. The second-order valence-electron chi connectivity index (χ2n) is 7.40. The average molecular weight is 419 g/mol. The van der Waals surface area contributed by atoms with Gasteiger partial charge in [0.2, 0.25) is 11.8 Å². The number of aromatic nitrogens is 1. The molecule has 1 amide bonds. The predicted octanol–water partition coefficient (Wildman–Crippen LogP) is 5.42. The third kappa shape index (κ3) is 4.51. The molecule has 6 nitrogen and oxygen atoms in total. The molecule has 148 valence electrons. The maximum absolute atomic E-state index is 12.5. The minimum Gasteiger partial charge on any atom is -0.455 e. The Morgan fingerprint density at radius 3 is 2.68 bits per heavy atom. The molecule has 28 heavy (non-hydrogen) atoms. The van der Waals surface area contributed by atoms with E-state index in [4.69, 9.17) is 9.15 Å². The van der Waals surface area contributed by atoms with E-state index in [2.05, 4.69) is 10.3 Å². The molecule has 0 unspecified atom stereocenters. The van der Waals surface area contributed by atoms with E-state index < -0.39 is 11.4 Å². The number of oxazole rings is 1. The van der Waals surface area contributed by atoms with E-state index in [0.29, 0.717) is 27.2 Å². The van der Waals surface area contributed by atoms with Crippen molar-refractivity contribution in [3.05, 3.63) is 45.5 Å². The van der Waals surface area contributed by atoms with Gasteiger partial charge in [0.1, 0.15) is 22.9 Å². The van der Waals surface area contributed by atoms with Crippen molar-refractivity contribution in [1.29, 1.82) is 0 Å². The molecular formula is C20H22N2O4S2. The van der Waals surface area contributed by atoms with Gasteiger partial charge in [0, 0.05) is 5.41 Å². The number of aryl methyl sites for hydroxylation is 2. The second-order valence-corrected chi connectivity index (χ2v) is 9.40. The van der Waals surface area contributed by atoms with Crippen LogP contribution < -0.4 is 5.32 Å². The number of amides is 1. The number of nitrogens with one attached hydrogen (secondary N) is 1. The molecule has 0 atom stereocenters. The molecule has 0 radical (unpaired) electrons. The summed E-state index contributed by atoms with van der Waals surface area (Å²) < 4.78 is 11.1. The topological polar surface area (TPSA) is 81.4 Å². The maximum atomic E-state index is 12.5. The highest BCUT2D eigenvalue weighted by atomic mass is 32.1. The first-order valence-corrected chi connectivity index (χ1v) is 10.4. The van der Waals surface area contributed by atoms with Gasteiger partial charge >= 0.3 is 5.97 Å². The van der Waals surface area contributed by atoms with Crippen LogP contribution in [0.25, 0.3) is 10.8 Å². The lowest BCUT2D eigenvalue weighted by atomic mass is 9.96. The van der Waals surface area contributed by atoms with Crippen LogP contribution in [0, 0.1) is 19.3 Å². The van der Waals surface area contributed by atoms with E-state index in [1.165, 1.54) is 22.7 Å². The summed E-state index contributed by atoms with van der Waals surface area (Å²) in [5.41, 5.74) is 0.839. The summed E-state index contributed by atoms with van der Waals surface area (Å²) in [5.74, 6) is 0.599. The van der Waals surface area contributed by atoms with Gasteiger partial charge in [-0.3, -0.25) is 4.79 Å². The van der Waals surface area contributed by atoms with Gasteiger partial charge in [-0.1, -0.05) is 26.8 Å². The average Bonchev–Trinajstić information content (AvgIpc) is 3.32. The number of hydrogen-bond donors (Lipinski definition) is 1. The molecule has 3 heterocycles. The Morgan fingerprint density at radius 1 is 1.29 bits per heavy atom. The monoisotopic (exact) mass is 418 g/mol. The van der Waals surface area contributed by atoms with E-state index in [9.17, 15) is 9.59 Å². The fourth-order valence-electron chi connectivity index (χ4n) is 2.31. The molecule has 3 aromatic rings. The molecule has 0 bridgehead atoms. The van der Waals surface area contributed by atoms with Gasteiger partial charge in [-0.05, 0) is 36.9 Å². The molecule has 3 rings (SSSR count). The molecule has 3 aromatic heterocycles. The van der Waals surface area contributed by atoms with Crippen LogP contribution in [0.1, 0.15) is 47.5 Å². The zero-order valence-corrected chi connectivity index (χ0v) is 18.0. The lowest BCUT2D eigenvalue weighted by Crippen LogP contribution is -2.27. The van der Waals surface area contributed by atoms with Gasteiger partial charge in [-0.25, -0.2) is 9.78 Å². The van der Waals surface area contributed by atoms with E-state index >= 15 is 0 Å². The van der Waals surface area contributed by atoms with Crippen LogP contribution in [0.2, 0.25) is 0 Å². The number of nitrogens with zero attached hydrogens (tertiary/aromatic N) is 1. The fraction of sp³-hybridized carbons (Fsp3) is 0.350. The van der Waals surface area contributed by atoms with Crippen molar-refractivity contribution in [2.75, 3.05) is 5.32 Å². The summed E-state index contributed by atoms with van der Waals surface area (Å²) in [7, 11) is 0. The zero-order chi connectivity index (χ0) is 20.5. The molecule has 0 fully saturated rings. The van der Waals surface area contributed by atoms with Crippen LogP contribution >= 0.6 is 22.7 Å². The van der Waals surface area contributed by atoms with E-state index in [1.807, 2.05) is 45.2 Å². The molecule has 0 aliphatic rings. The van der Waals surface area contributed by atoms with Crippen LogP contribution in [-0.4, -0.2) is 16.9 Å². The number of rotatable bonds is 5. The van der Waals surface area contributed by atoms with Crippen LogP contribution in [0.4, 0.5) is 5.00 Å². The molecule has 0 saturated carbocycles. The standard InChI is InChI=1S/C20H22N2O4S2/c1-11-9-15(22-19(24)20(3,4)5)28-16(11)18(23)25-10-13-12(2)26-17(21-13)14-7-6-8-27-14/h6-9H,10H2,1-5H3,(H,22,24). The van der Waals surface area contributed by atoms with Gasteiger partial charge < -0.3 is 14.5 Å². The SMILES string of the molecule is Cc1cc(NC(=O)C(C)(C)C)sc1C(=O)OCc1nc(-c2cccs2)oc1C. The smallest absolute Gasteiger partial charge is 0.349 e. The van der Waals surface area contributed by atoms with Gasteiger partial charge in [-0.2, -0.15) is 0 Å². The number of ether oxygens (including phenoxy) is 1. The number of carbonyl (C=O) groups excluding carboxylic acids is 2. The van der Waals surface area contributed by atoms with Gasteiger partial charge in [-0.15, -0.1) is 22.7 Å². The van der Waals surface area contributed by atoms with Gasteiger partial charge in [0.15, 0.2) is 0 Å². The second kappa shape index (κ2) is 7.89.